The van der Waals surface area contributed by atoms with Crippen LogP contribution in [0.2, 0.25) is 5.02 Å². The van der Waals surface area contributed by atoms with E-state index in [1.807, 2.05) is 12.1 Å². The van der Waals surface area contributed by atoms with Crippen LogP contribution in [0, 0.1) is 0 Å². The lowest BCUT2D eigenvalue weighted by Crippen LogP contribution is -2.41. The highest BCUT2D eigenvalue weighted by molar-refractivity contribution is 6.30. The second-order valence-corrected chi connectivity index (χ2v) is 6.51. The van der Waals surface area contributed by atoms with E-state index in [0.29, 0.717) is 23.0 Å². The largest absolute Gasteiger partial charge is 0.388 e. The molecule has 0 bridgehead atoms. The van der Waals surface area contributed by atoms with E-state index in [9.17, 15) is 9.90 Å². The van der Waals surface area contributed by atoms with E-state index in [-0.39, 0.29) is 12.3 Å². The predicted molar refractivity (Wildman–Crippen MR) is 87.1 cm³/mol. The molecule has 2 aromatic rings. The molecule has 1 aromatic carbocycles. The molecule has 1 aliphatic rings. The highest BCUT2D eigenvalue weighted by atomic mass is 35.5. The second-order valence-electron chi connectivity index (χ2n) is 6.07. The predicted octanol–water partition coefficient (Wildman–Crippen LogP) is 2.96. The average molecular weight is 335 g/mol. The molecule has 23 heavy (non-hydrogen) atoms. The maximum Gasteiger partial charge on any atom is 0.226 e. The fourth-order valence-electron chi connectivity index (χ4n) is 2.85. The van der Waals surface area contributed by atoms with Gasteiger partial charge in [-0.3, -0.25) is 4.79 Å². The van der Waals surface area contributed by atoms with E-state index < -0.39 is 5.60 Å². The normalized spacial score (nSPS) is 16.4. The van der Waals surface area contributed by atoms with Gasteiger partial charge in [-0.25, -0.2) is 0 Å². The number of nitrogens with zero attached hydrogens (tertiary/aromatic N) is 1. The summed E-state index contributed by atoms with van der Waals surface area (Å²) in [7, 11) is 0. The number of benzene rings is 1. The van der Waals surface area contributed by atoms with Crippen LogP contribution < -0.4 is 5.32 Å². The molecular weight excluding hydrogens is 316 g/mol. The maximum absolute atomic E-state index is 12.0. The van der Waals surface area contributed by atoms with Crippen molar-refractivity contribution < 1.29 is 14.4 Å². The molecule has 1 aliphatic carbocycles. The summed E-state index contributed by atoms with van der Waals surface area (Å²) in [6.45, 7) is 0.299. The van der Waals surface area contributed by atoms with Crippen LogP contribution in [-0.4, -0.2) is 28.3 Å². The van der Waals surface area contributed by atoms with E-state index in [2.05, 4.69) is 10.5 Å². The SMILES string of the molecule is O=C(Cc1cc(-c2ccc(Cl)cc2)on1)NCC1(O)CCCC1. The van der Waals surface area contributed by atoms with E-state index >= 15 is 0 Å². The first-order valence-corrected chi connectivity index (χ1v) is 8.13. The number of rotatable bonds is 5. The first kappa shape index (κ1) is 16.0. The van der Waals surface area contributed by atoms with Gasteiger partial charge in [-0.15, -0.1) is 0 Å². The van der Waals surface area contributed by atoms with Crippen molar-refractivity contribution in [1.29, 1.82) is 0 Å². The van der Waals surface area contributed by atoms with Gasteiger partial charge in [-0.2, -0.15) is 0 Å². The van der Waals surface area contributed by atoms with Gasteiger partial charge in [0.2, 0.25) is 5.91 Å². The van der Waals surface area contributed by atoms with Gasteiger partial charge < -0.3 is 14.9 Å². The molecule has 3 rings (SSSR count). The lowest BCUT2D eigenvalue weighted by Gasteiger charge is -2.22. The standard InChI is InChI=1S/C17H19ClN2O3/c18-13-5-3-12(4-6-13)15-9-14(20-23-15)10-16(21)19-11-17(22)7-1-2-8-17/h3-6,9,22H,1-2,7-8,10-11H2,(H,19,21). The van der Waals surface area contributed by atoms with E-state index in [1.54, 1.807) is 18.2 Å². The quantitative estimate of drug-likeness (QED) is 0.881. The van der Waals surface area contributed by atoms with Gasteiger partial charge in [0.15, 0.2) is 5.76 Å². The Labute approximate surface area is 139 Å². The van der Waals surface area contributed by atoms with Gasteiger partial charge in [-0.1, -0.05) is 29.6 Å². The van der Waals surface area contributed by atoms with E-state index in [0.717, 1.165) is 31.2 Å². The molecule has 0 saturated heterocycles. The zero-order chi connectivity index (χ0) is 16.3. The van der Waals surface area contributed by atoms with Crippen molar-refractivity contribution in [1.82, 2.24) is 10.5 Å². The Kier molecular flexibility index (Phi) is 4.68. The number of nitrogens with one attached hydrogen (secondary N) is 1. The fraction of sp³-hybridized carbons (Fsp3) is 0.412. The molecule has 0 spiro atoms. The molecule has 0 radical (unpaired) electrons. The minimum atomic E-state index is -0.742. The monoisotopic (exact) mass is 334 g/mol. The molecule has 5 nitrogen and oxygen atoms in total. The van der Waals surface area contributed by atoms with Crippen molar-refractivity contribution in [2.24, 2.45) is 0 Å². The first-order chi connectivity index (χ1) is 11.0. The van der Waals surface area contributed by atoms with Crippen LogP contribution in [0.25, 0.3) is 11.3 Å². The zero-order valence-electron chi connectivity index (χ0n) is 12.7. The van der Waals surface area contributed by atoms with Crippen LogP contribution in [0.3, 0.4) is 0 Å². The summed E-state index contributed by atoms with van der Waals surface area (Å²) < 4.78 is 5.27. The van der Waals surface area contributed by atoms with Crippen LogP contribution in [-0.2, 0) is 11.2 Å². The number of halogens is 1. The minimum Gasteiger partial charge on any atom is -0.388 e. The Balaban J connectivity index is 1.56. The number of hydrogen-bond acceptors (Lipinski definition) is 4. The summed E-state index contributed by atoms with van der Waals surface area (Å²) in [6.07, 6.45) is 3.66. The van der Waals surface area contributed by atoms with Crippen LogP contribution in [0.5, 0.6) is 0 Å². The number of aliphatic hydroxyl groups is 1. The van der Waals surface area contributed by atoms with Crippen molar-refractivity contribution >= 4 is 17.5 Å². The number of carbonyl (C=O) groups excluding carboxylic acids is 1. The Hall–Kier alpha value is -1.85. The van der Waals surface area contributed by atoms with Gasteiger partial charge in [0.05, 0.1) is 17.7 Å². The molecule has 1 saturated carbocycles. The number of carbonyl (C=O) groups is 1. The lowest BCUT2D eigenvalue weighted by molar-refractivity contribution is -0.121. The van der Waals surface area contributed by atoms with Gasteiger partial charge in [0.1, 0.15) is 0 Å². The fourth-order valence-corrected chi connectivity index (χ4v) is 2.97. The summed E-state index contributed by atoms with van der Waals surface area (Å²) in [5.74, 6) is 0.431. The third kappa shape index (κ3) is 4.12. The molecule has 1 amide bonds. The molecular formula is C17H19ClN2O3. The third-order valence-electron chi connectivity index (χ3n) is 4.18. The van der Waals surface area contributed by atoms with Crippen LogP contribution in [0.1, 0.15) is 31.4 Å². The summed E-state index contributed by atoms with van der Waals surface area (Å²) in [6, 6.07) is 8.96. The Morgan fingerprint density at radius 2 is 2.00 bits per heavy atom. The van der Waals surface area contributed by atoms with Crippen LogP contribution in [0.15, 0.2) is 34.9 Å². The number of aromatic nitrogens is 1. The molecule has 0 aliphatic heterocycles. The molecule has 0 unspecified atom stereocenters. The highest BCUT2D eigenvalue weighted by Gasteiger charge is 2.31. The van der Waals surface area contributed by atoms with Crippen molar-refractivity contribution in [2.75, 3.05) is 6.54 Å². The van der Waals surface area contributed by atoms with Crippen LogP contribution >= 0.6 is 11.6 Å². The van der Waals surface area contributed by atoms with Crippen molar-refractivity contribution in [2.45, 2.75) is 37.7 Å². The molecule has 122 valence electrons. The molecule has 1 aromatic heterocycles. The van der Waals surface area contributed by atoms with Crippen molar-refractivity contribution in [3.05, 3.63) is 41.0 Å². The second kappa shape index (κ2) is 6.72. The van der Waals surface area contributed by atoms with Crippen LogP contribution in [0.4, 0.5) is 0 Å². The molecule has 1 heterocycles. The van der Waals surface area contributed by atoms with Crippen molar-refractivity contribution in [3.8, 4) is 11.3 Å². The van der Waals surface area contributed by atoms with Crippen molar-refractivity contribution in [3.63, 3.8) is 0 Å². The molecule has 6 heteroatoms. The molecule has 2 N–H and O–H groups in total. The summed E-state index contributed by atoms with van der Waals surface area (Å²) in [5.41, 5.74) is 0.674. The summed E-state index contributed by atoms with van der Waals surface area (Å²) in [4.78, 5) is 12.0. The summed E-state index contributed by atoms with van der Waals surface area (Å²) in [5, 5.41) is 17.6. The first-order valence-electron chi connectivity index (χ1n) is 7.75. The van der Waals surface area contributed by atoms with E-state index in [4.69, 9.17) is 16.1 Å². The van der Waals surface area contributed by atoms with Gasteiger partial charge in [0.25, 0.3) is 0 Å². The Bertz CT molecular complexity index is 675. The smallest absolute Gasteiger partial charge is 0.226 e. The van der Waals surface area contributed by atoms with Gasteiger partial charge >= 0.3 is 0 Å². The van der Waals surface area contributed by atoms with E-state index in [1.165, 1.54) is 0 Å². The topological polar surface area (TPSA) is 75.4 Å². The molecule has 0 atom stereocenters. The number of hydrogen-bond donors (Lipinski definition) is 2. The Morgan fingerprint density at radius 3 is 2.70 bits per heavy atom. The molecule has 1 fully saturated rings. The zero-order valence-corrected chi connectivity index (χ0v) is 13.5. The summed E-state index contributed by atoms with van der Waals surface area (Å²) >= 11 is 5.85. The van der Waals surface area contributed by atoms with Gasteiger partial charge in [0, 0.05) is 23.2 Å². The third-order valence-corrected chi connectivity index (χ3v) is 4.43. The van der Waals surface area contributed by atoms with Gasteiger partial charge in [-0.05, 0) is 37.1 Å². The maximum atomic E-state index is 12.0. The Morgan fingerprint density at radius 1 is 1.30 bits per heavy atom. The lowest BCUT2D eigenvalue weighted by atomic mass is 10.0. The highest BCUT2D eigenvalue weighted by Crippen LogP contribution is 2.28. The minimum absolute atomic E-state index is 0.132. The number of amides is 1. The average Bonchev–Trinajstić information content (AvgIpc) is 3.16.